The van der Waals surface area contributed by atoms with Crippen molar-refractivity contribution in [3.63, 3.8) is 0 Å². The van der Waals surface area contributed by atoms with E-state index in [9.17, 15) is 39.6 Å². The first-order valence-corrected chi connectivity index (χ1v) is 5.44. The zero-order chi connectivity index (χ0) is 15.7. The Morgan fingerprint density at radius 2 is 0.750 bits per heavy atom. The quantitative estimate of drug-likeness (QED) is 0.277. The molecular weight excluding hydrogens is 426 g/mol. The maximum Gasteiger partial charge on any atom is 3.00 e. The first kappa shape index (κ1) is 36.5. The summed E-state index contributed by atoms with van der Waals surface area (Å²) in [4.78, 5) is 43.4. The minimum absolute atomic E-state index is 0. The third kappa shape index (κ3) is 23.6. The van der Waals surface area contributed by atoms with Crippen LogP contribution in [0.1, 0.15) is 0 Å². The van der Waals surface area contributed by atoms with Crippen LogP contribution in [0.4, 0.5) is 0 Å². The van der Waals surface area contributed by atoms with Crippen LogP contribution in [0.5, 0.6) is 0 Å². The van der Waals surface area contributed by atoms with Crippen LogP contribution in [-0.4, -0.2) is 78.4 Å². The van der Waals surface area contributed by atoms with Crippen molar-refractivity contribution in [2.75, 3.05) is 39.3 Å². The van der Waals surface area contributed by atoms with Gasteiger partial charge >= 0.3 is 120 Å². The largest absolute Gasteiger partial charge is 3.00 e. The summed E-state index contributed by atoms with van der Waals surface area (Å²) in [5.41, 5.74) is 0. The van der Waals surface area contributed by atoms with Crippen molar-refractivity contribution >= 4 is 23.9 Å². The van der Waals surface area contributed by atoms with Gasteiger partial charge in [-0.3, -0.25) is 9.80 Å². The molecule has 0 amide bonds. The van der Waals surface area contributed by atoms with Gasteiger partial charge in [0, 0.05) is 39.3 Å². The van der Waals surface area contributed by atoms with Crippen molar-refractivity contribution in [3.05, 3.63) is 0 Å². The summed E-state index contributed by atoms with van der Waals surface area (Å²) >= 11 is 0. The van der Waals surface area contributed by atoms with Crippen LogP contribution in [0.25, 0.3) is 0 Å². The molecule has 0 saturated heterocycles. The number of carbonyl (C=O) groups is 4. The Hall–Kier alpha value is 1.55. The molecule has 14 heteroatoms. The molecule has 0 aromatic heterocycles. The number of nitrogens with zero attached hydrogens (tertiary/aromatic N) is 2. The number of hydrogen-bond donors (Lipinski definition) is 0. The van der Waals surface area contributed by atoms with Gasteiger partial charge in [-0.15, -0.1) is 0 Å². The van der Waals surface area contributed by atoms with Crippen LogP contribution in [-0.2, 0) is 36.2 Å². The second-order valence-corrected chi connectivity index (χ2v) is 3.91. The Labute approximate surface area is 233 Å². The molecule has 0 aromatic rings. The molecule has 0 atom stereocenters. The summed E-state index contributed by atoms with van der Waals surface area (Å²) in [6.07, 6.45) is 0. The monoisotopic (exact) mass is 439 g/mol. The summed E-state index contributed by atoms with van der Waals surface area (Å²) in [5, 5.41) is 41.6. The molecule has 0 heterocycles. The average molecular weight is 439 g/mol. The van der Waals surface area contributed by atoms with E-state index >= 15 is 0 Å². The molecule has 0 aliphatic carbocycles. The summed E-state index contributed by atoms with van der Waals surface area (Å²) < 4.78 is 0. The van der Waals surface area contributed by atoms with Crippen molar-refractivity contribution in [3.8, 4) is 0 Å². The molecule has 0 unspecified atom stereocenters. The normalized spacial score (nSPS) is 8.92. The van der Waals surface area contributed by atoms with Crippen molar-refractivity contribution in [1.29, 1.82) is 0 Å². The Morgan fingerprint density at radius 1 is 0.583 bits per heavy atom. The van der Waals surface area contributed by atoms with E-state index in [1.807, 2.05) is 0 Å². The molecule has 0 saturated carbocycles. The van der Waals surface area contributed by atoms with Gasteiger partial charge in [-0.1, -0.05) is 0 Å². The maximum absolute atomic E-state index is 10.4. The fourth-order valence-corrected chi connectivity index (χ4v) is 1.44. The molecule has 0 bridgehead atoms. The van der Waals surface area contributed by atoms with Gasteiger partial charge in [0.2, 0.25) is 0 Å². The molecule has 1 radical (unpaired) electrons. The molecule has 1 N–H and O–H groups in total. The van der Waals surface area contributed by atoms with Gasteiger partial charge in [-0.25, -0.2) is 0 Å². The molecule has 0 rings (SSSR count). The van der Waals surface area contributed by atoms with E-state index in [-0.39, 0.29) is 138 Å². The Bertz CT molecular complexity index is 333. The number of hydrogen-bond acceptors (Lipinski definition) is 11. The minimum atomic E-state index is -1.53. The van der Waals surface area contributed by atoms with Gasteiger partial charge in [-0.2, -0.15) is 0 Å². The topological polar surface area (TPSA) is 197 Å². The van der Waals surface area contributed by atoms with Crippen molar-refractivity contribution in [2.45, 2.75) is 0 Å². The van der Waals surface area contributed by atoms with E-state index < -0.39 is 50.1 Å². The van der Waals surface area contributed by atoms with Gasteiger partial charge in [0.15, 0.2) is 0 Å². The molecule has 0 aliphatic rings. The standard InChI is InChI=1S/C10H16N2O8.Fe.2K.H2O/c13-7(14)3-11(4-8(15)16)1-2-12(5-9(17)18)6-10(19)20;;;;/h1-6H2,(H,13,14)(H,15,16)(H,17,18)(H,19,20);;;;1H2/q;+3;2*+1;/p-5. The smallest absolute Gasteiger partial charge is 0.870 e. The third-order valence-corrected chi connectivity index (χ3v) is 2.14. The molecule has 127 valence electrons. The number of carboxylic acids is 4. The van der Waals surface area contributed by atoms with Crippen LogP contribution >= 0.6 is 0 Å². The first-order valence-electron chi connectivity index (χ1n) is 5.44. The predicted molar refractivity (Wildman–Crippen MR) is 54.8 cm³/mol. The number of aliphatic carboxylic acids is 4. The number of carbonyl (C=O) groups excluding carboxylic acids is 4. The third-order valence-electron chi connectivity index (χ3n) is 2.14. The van der Waals surface area contributed by atoms with Gasteiger partial charge in [0.05, 0.1) is 23.9 Å². The van der Waals surface area contributed by atoms with Crippen LogP contribution in [0.3, 0.4) is 0 Å². The Balaban J connectivity index is -0.000000301. The van der Waals surface area contributed by atoms with E-state index in [0.29, 0.717) is 0 Å². The fraction of sp³-hybridized carbons (Fsp3) is 0.600. The average Bonchev–Trinajstić information content (AvgIpc) is 2.22. The zero-order valence-corrected chi connectivity index (χ0v) is 20.6. The van der Waals surface area contributed by atoms with Crippen molar-refractivity contribution in [1.82, 2.24) is 9.80 Å². The molecular formula is C10H13FeK2N2O9. The molecule has 0 fully saturated rings. The second kappa shape index (κ2) is 20.9. The van der Waals surface area contributed by atoms with Crippen molar-refractivity contribution in [2.24, 2.45) is 0 Å². The zero-order valence-electron chi connectivity index (χ0n) is 13.2. The SMILES string of the molecule is O=C([O-])CN(CCN(CC(=O)[O-])CC(=O)[O-])CC(=O)[O-].[Fe+3].[K+].[K+].[OH-]. The molecule has 0 aromatic carbocycles. The summed E-state index contributed by atoms with van der Waals surface area (Å²) in [6.45, 7) is -3.25. The minimum Gasteiger partial charge on any atom is -0.870 e. The van der Waals surface area contributed by atoms with Gasteiger partial charge in [0.1, 0.15) is 0 Å². The summed E-state index contributed by atoms with van der Waals surface area (Å²) in [7, 11) is 0. The van der Waals surface area contributed by atoms with Gasteiger partial charge in [0.25, 0.3) is 0 Å². The Kier molecular flexibility index (Phi) is 31.7. The van der Waals surface area contributed by atoms with E-state index in [2.05, 4.69) is 0 Å². The fourth-order valence-electron chi connectivity index (χ4n) is 1.44. The summed E-state index contributed by atoms with van der Waals surface area (Å²) in [5.74, 6) is -6.12. The van der Waals surface area contributed by atoms with Crippen LogP contribution < -0.4 is 123 Å². The molecule has 11 nitrogen and oxygen atoms in total. The Morgan fingerprint density at radius 3 is 0.875 bits per heavy atom. The van der Waals surface area contributed by atoms with Crippen LogP contribution in [0.2, 0.25) is 0 Å². The van der Waals surface area contributed by atoms with E-state index in [4.69, 9.17) is 0 Å². The maximum atomic E-state index is 10.4. The molecule has 0 spiro atoms. The van der Waals surface area contributed by atoms with E-state index in [1.165, 1.54) is 0 Å². The molecule has 24 heavy (non-hydrogen) atoms. The van der Waals surface area contributed by atoms with Crippen LogP contribution in [0, 0.1) is 0 Å². The first-order chi connectivity index (χ1) is 9.20. The number of carboxylic acid groups (broad SMARTS) is 4. The van der Waals surface area contributed by atoms with E-state index in [0.717, 1.165) is 9.80 Å². The van der Waals surface area contributed by atoms with E-state index in [1.54, 1.807) is 0 Å². The van der Waals surface area contributed by atoms with Crippen molar-refractivity contribution < 1.29 is 165 Å². The van der Waals surface area contributed by atoms with Gasteiger partial charge < -0.3 is 45.1 Å². The number of rotatable bonds is 11. The molecule has 0 aliphatic heterocycles. The second-order valence-electron chi connectivity index (χ2n) is 3.91. The van der Waals surface area contributed by atoms with Gasteiger partial charge in [-0.05, 0) is 0 Å². The van der Waals surface area contributed by atoms with Crippen LogP contribution in [0.15, 0.2) is 0 Å². The predicted octanol–water partition coefficient (Wildman–Crippen LogP) is -13.6. The summed E-state index contributed by atoms with van der Waals surface area (Å²) in [6, 6.07) is 0.